The van der Waals surface area contributed by atoms with Crippen LogP contribution in [0.3, 0.4) is 0 Å². The van der Waals surface area contributed by atoms with Crippen LogP contribution >= 0.6 is 12.4 Å². The van der Waals surface area contributed by atoms with Gasteiger partial charge in [0.05, 0.1) is 0 Å². The van der Waals surface area contributed by atoms with Crippen LogP contribution in [0.5, 0.6) is 0 Å². The molecule has 0 fully saturated rings. The zero-order valence-electron chi connectivity index (χ0n) is 15.4. The molecular weight excluding hydrogens is 334 g/mol. The first-order valence-corrected chi connectivity index (χ1v) is 8.38. The molecule has 0 aliphatic heterocycles. The van der Waals surface area contributed by atoms with Gasteiger partial charge in [-0.3, -0.25) is 4.79 Å². The molecule has 0 saturated carbocycles. The largest absolute Gasteiger partial charge is 0.454 e. The topological polar surface area (TPSA) is 29.5 Å². The normalized spacial score (nSPS) is 14.3. The number of halogens is 1. The van der Waals surface area contributed by atoms with Gasteiger partial charge in [-0.25, -0.2) is 0 Å². The van der Waals surface area contributed by atoms with E-state index in [1.54, 1.807) is 0 Å². The second-order valence-electron chi connectivity index (χ2n) is 6.67. The number of esters is 1. The monoisotopic (exact) mass is 361 g/mol. The van der Waals surface area contributed by atoms with E-state index in [-0.39, 0.29) is 24.3 Å². The Balaban J connectivity index is 0.00000312. The van der Waals surface area contributed by atoms with Crippen LogP contribution in [0, 0.1) is 5.92 Å². The van der Waals surface area contributed by atoms with Gasteiger partial charge in [0.25, 0.3) is 0 Å². The van der Waals surface area contributed by atoms with Gasteiger partial charge in [0, 0.05) is 25.8 Å². The van der Waals surface area contributed by atoms with Crippen molar-refractivity contribution in [3.63, 3.8) is 0 Å². The molecule has 2 aromatic rings. The van der Waals surface area contributed by atoms with Crippen molar-refractivity contribution < 1.29 is 9.53 Å². The van der Waals surface area contributed by atoms with Crippen LogP contribution in [0.4, 0.5) is 0 Å². The van der Waals surface area contributed by atoms with Crippen molar-refractivity contribution >= 4 is 18.4 Å². The summed E-state index contributed by atoms with van der Waals surface area (Å²) < 4.78 is 6.03. The van der Waals surface area contributed by atoms with E-state index < -0.39 is 5.60 Å². The number of hydrogen-bond acceptors (Lipinski definition) is 3. The lowest BCUT2D eigenvalue weighted by Crippen LogP contribution is -2.44. The minimum atomic E-state index is -0.682. The van der Waals surface area contributed by atoms with Crippen molar-refractivity contribution in [1.82, 2.24) is 4.90 Å². The van der Waals surface area contributed by atoms with Crippen molar-refractivity contribution in [2.45, 2.75) is 25.9 Å². The number of hydrogen-bond donors (Lipinski definition) is 0. The van der Waals surface area contributed by atoms with E-state index in [1.165, 1.54) is 6.92 Å². The van der Waals surface area contributed by atoms with Crippen molar-refractivity contribution in [3.05, 3.63) is 71.8 Å². The third-order valence-corrected chi connectivity index (χ3v) is 4.33. The average molecular weight is 362 g/mol. The lowest BCUT2D eigenvalue weighted by Gasteiger charge is -2.40. The average Bonchev–Trinajstić information content (AvgIpc) is 2.55. The van der Waals surface area contributed by atoms with Crippen molar-refractivity contribution in [2.24, 2.45) is 5.92 Å². The van der Waals surface area contributed by atoms with E-state index in [0.717, 1.165) is 17.7 Å². The zero-order chi connectivity index (χ0) is 17.6. The Morgan fingerprint density at radius 1 is 1.04 bits per heavy atom. The molecule has 0 saturated heterocycles. The molecule has 2 rings (SSSR count). The van der Waals surface area contributed by atoms with Crippen molar-refractivity contribution in [2.75, 3.05) is 20.6 Å². The number of benzene rings is 2. The summed E-state index contributed by atoms with van der Waals surface area (Å²) in [5.74, 6) is -0.112. The minimum absolute atomic E-state index is 0. The van der Waals surface area contributed by atoms with Gasteiger partial charge in [-0.1, -0.05) is 67.6 Å². The predicted octanol–water partition coefficient (Wildman–Crippen LogP) is 4.31. The van der Waals surface area contributed by atoms with Crippen molar-refractivity contribution in [3.8, 4) is 0 Å². The van der Waals surface area contributed by atoms with E-state index in [4.69, 9.17) is 4.74 Å². The van der Waals surface area contributed by atoms with E-state index in [2.05, 4.69) is 36.1 Å². The van der Waals surface area contributed by atoms with E-state index in [0.29, 0.717) is 6.42 Å². The molecule has 0 aliphatic carbocycles. The highest BCUT2D eigenvalue weighted by Crippen LogP contribution is 2.38. The lowest BCUT2D eigenvalue weighted by atomic mass is 9.77. The highest BCUT2D eigenvalue weighted by Gasteiger charge is 2.41. The fourth-order valence-corrected chi connectivity index (χ4v) is 3.33. The molecule has 0 amide bonds. The molecule has 136 valence electrons. The molecule has 4 heteroatoms. The van der Waals surface area contributed by atoms with Crippen LogP contribution in [0.25, 0.3) is 0 Å². The maximum atomic E-state index is 12.0. The number of carbonyl (C=O) groups excluding carboxylic acids is 1. The second-order valence-corrected chi connectivity index (χ2v) is 6.67. The van der Waals surface area contributed by atoms with Crippen molar-refractivity contribution in [1.29, 1.82) is 0 Å². The van der Waals surface area contributed by atoms with Crippen LogP contribution in [-0.2, 0) is 21.6 Å². The Hall–Kier alpha value is -1.84. The number of carbonyl (C=O) groups is 1. The first-order chi connectivity index (χ1) is 11.4. The van der Waals surface area contributed by atoms with Gasteiger partial charge in [0.1, 0.15) is 5.60 Å². The lowest BCUT2D eigenvalue weighted by molar-refractivity contribution is -0.165. The zero-order valence-corrected chi connectivity index (χ0v) is 16.3. The van der Waals surface area contributed by atoms with Gasteiger partial charge in [-0.15, -0.1) is 12.4 Å². The molecule has 0 unspecified atom stereocenters. The third kappa shape index (κ3) is 5.58. The van der Waals surface area contributed by atoms with Gasteiger partial charge in [-0.05, 0) is 25.2 Å². The van der Waals surface area contributed by atoms with Crippen LogP contribution in [-0.4, -0.2) is 31.5 Å². The summed E-state index contributed by atoms with van der Waals surface area (Å²) in [7, 11) is 4.09. The molecule has 0 radical (unpaired) electrons. The summed E-state index contributed by atoms with van der Waals surface area (Å²) >= 11 is 0. The molecule has 0 aromatic heterocycles. The molecule has 3 nitrogen and oxygen atoms in total. The standard InChI is InChI=1S/C21H27NO2.ClH/c1-17(16-22(3)4)21(24-18(2)23,20-13-9-6-10-14-20)15-19-11-7-5-8-12-19;/h5-14,17H,15-16H2,1-4H3;1H/t17-,21+;/m1./s1. The molecular formula is C21H28ClNO2. The van der Waals surface area contributed by atoms with Crippen LogP contribution < -0.4 is 0 Å². The molecule has 2 atom stereocenters. The quantitative estimate of drug-likeness (QED) is 0.688. The summed E-state index contributed by atoms with van der Waals surface area (Å²) in [5.41, 5.74) is 1.52. The van der Waals surface area contributed by atoms with Gasteiger partial charge < -0.3 is 9.64 Å². The maximum Gasteiger partial charge on any atom is 0.303 e. The SMILES string of the molecule is CC(=O)O[C@](Cc1ccccc1)(c1ccccc1)[C@H](C)CN(C)C.Cl. The van der Waals surface area contributed by atoms with E-state index in [1.807, 2.05) is 50.5 Å². The molecule has 0 N–H and O–H groups in total. The minimum Gasteiger partial charge on any atom is -0.454 e. The summed E-state index contributed by atoms with van der Waals surface area (Å²) in [6.45, 7) is 4.47. The fourth-order valence-electron chi connectivity index (χ4n) is 3.33. The third-order valence-electron chi connectivity index (χ3n) is 4.33. The Kier molecular flexibility index (Phi) is 8.14. The molecule has 0 bridgehead atoms. The highest BCUT2D eigenvalue weighted by atomic mass is 35.5. The molecule has 2 aromatic carbocycles. The summed E-state index contributed by atoms with van der Waals surface area (Å²) in [6.07, 6.45) is 0.659. The highest BCUT2D eigenvalue weighted by molar-refractivity contribution is 5.85. The smallest absolute Gasteiger partial charge is 0.303 e. The molecule has 0 spiro atoms. The van der Waals surface area contributed by atoms with Gasteiger partial charge in [0.15, 0.2) is 0 Å². The second kappa shape index (κ2) is 9.59. The Bertz CT molecular complexity index is 645. The molecule has 0 aliphatic rings. The van der Waals surface area contributed by atoms with Crippen LogP contribution in [0.15, 0.2) is 60.7 Å². The van der Waals surface area contributed by atoms with Gasteiger partial charge >= 0.3 is 5.97 Å². The molecule has 0 heterocycles. The molecule has 25 heavy (non-hydrogen) atoms. The number of rotatable bonds is 7. The number of ether oxygens (including phenoxy) is 1. The Morgan fingerprint density at radius 3 is 2.04 bits per heavy atom. The van der Waals surface area contributed by atoms with E-state index >= 15 is 0 Å². The Morgan fingerprint density at radius 2 is 1.56 bits per heavy atom. The first kappa shape index (κ1) is 21.2. The summed E-state index contributed by atoms with van der Waals surface area (Å²) in [4.78, 5) is 14.1. The Labute approximate surface area is 157 Å². The van der Waals surface area contributed by atoms with Crippen LogP contribution in [0.1, 0.15) is 25.0 Å². The van der Waals surface area contributed by atoms with Gasteiger partial charge in [0.2, 0.25) is 0 Å². The summed E-state index contributed by atoms with van der Waals surface area (Å²) in [5, 5.41) is 0. The first-order valence-electron chi connectivity index (χ1n) is 8.38. The van der Waals surface area contributed by atoms with E-state index in [9.17, 15) is 4.79 Å². The van der Waals surface area contributed by atoms with Crippen LogP contribution in [0.2, 0.25) is 0 Å². The number of nitrogens with zero attached hydrogens (tertiary/aromatic N) is 1. The van der Waals surface area contributed by atoms with Gasteiger partial charge in [-0.2, -0.15) is 0 Å². The predicted molar refractivity (Wildman–Crippen MR) is 105 cm³/mol. The maximum absolute atomic E-state index is 12.0. The fraction of sp³-hybridized carbons (Fsp3) is 0.381. The summed E-state index contributed by atoms with van der Waals surface area (Å²) in [6, 6.07) is 20.3.